The molecule has 0 radical (unpaired) electrons. The molecule has 0 saturated heterocycles. The zero-order valence-corrected chi connectivity index (χ0v) is 21.0. The van der Waals surface area contributed by atoms with Gasteiger partial charge in [-0.25, -0.2) is 0 Å². The van der Waals surface area contributed by atoms with Crippen LogP contribution in [0.3, 0.4) is 0 Å². The molecule has 0 atom stereocenters. The minimum absolute atomic E-state index is 0.0859. The van der Waals surface area contributed by atoms with Gasteiger partial charge in [0.1, 0.15) is 5.52 Å². The summed E-state index contributed by atoms with van der Waals surface area (Å²) in [5.74, 6) is 0. The van der Waals surface area contributed by atoms with Crippen LogP contribution >= 0.6 is 11.6 Å². The van der Waals surface area contributed by atoms with Gasteiger partial charge in [-0.2, -0.15) is 0 Å². The molecule has 2 aromatic heterocycles. The van der Waals surface area contributed by atoms with Crippen LogP contribution < -0.4 is 5.56 Å². The normalized spacial score (nSPS) is 12.2. The van der Waals surface area contributed by atoms with Crippen LogP contribution in [0.5, 0.6) is 0 Å². The van der Waals surface area contributed by atoms with Gasteiger partial charge in [0.15, 0.2) is 0 Å². The van der Waals surface area contributed by atoms with Crippen LogP contribution in [0.25, 0.3) is 32.7 Å². The van der Waals surface area contributed by atoms with E-state index in [0.717, 1.165) is 78.5 Å². The molecule has 6 heteroatoms. The molecule has 176 valence electrons. The maximum absolute atomic E-state index is 14.1. The average molecular weight is 467 g/mol. The summed E-state index contributed by atoms with van der Waals surface area (Å²) in [7, 11) is 0. The Hall–Kier alpha value is -2.34. The molecule has 4 aromatic rings. The highest BCUT2D eigenvalue weighted by atomic mass is 35.5. The van der Waals surface area contributed by atoms with Gasteiger partial charge in [-0.1, -0.05) is 57.5 Å². The standard InChI is InChI=1S/C27H35ClN4O/c1-5-29(6-2)15-17-31-23-12-10-9-11-21(23)25-22-19-20(28)13-14-24(22)32(27(33)26(25)31)18-16-30(7-3)8-4/h9-14,19H,5-8,15-18H2,1-4H3. The molecular formula is C27H35ClN4O. The van der Waals surface area contributed by atoms with Crippen LogP contribution in [0.1, 0.15) is 27.7 Å². The molecule has 0 N–H and O–H groups in total. The van der Waals surface area contributed by atoms with Crippen molar-refractivity contribution in [1.29, 1.82) is 0 Å². The van der Waals surface area contributed by atoms with Crippen molar-refractivity contribution < 1.29 is 0 Å². The van der Waals surface area contributed by atoms with E-state index in [0.29, 0.717) is 11.6 Å². The predicted molar refractivity (Wildman–Crippen MR) is 142 cm³/mol. The molecule has 0 aliphatic rings. The van der Waals surface area contributed by atoms with Crippen molar-refractivity contribution in [3.63, 3.8) is 0 Å². The van der Waals surface area contributed by atoms with E-state index in [1.54, 1.807) is 0 Å². The lowest BCUT2D eigenvalue weighted by Crippen LogP contribution is -2.32. The van der Waals surface area contributed by atoms with Crippen LogP contribution in [0.2, 0.25) is 5.02 Å². The second-order valence-electron chi connectivity index (χ2n) is 8.56. The summed E-state index contributed by atoms with van der Waals surface area (Å²) in [4.78, 5) is 18.8. The Kier molecular flexibility index (Phi) is 7.42. The van der Waals surface area contributed by atoms with Crippen LogP contribution in [-0.2, 0) is 13.1 Å². The fourth-order valence-electron chi connectivity index (χ4n) is 5.00. The van der Waals surface area contributed by atoms with Crippen LogP contribution in [-0.4, -0.2) is 58.2 Å². The Bertz CT molecular complexity index is 1310. The first kappa shape index (κ1) is 23.8. The van der Waals surface area contributed by atoms with E-state index in [-0.39, 0.29) is 5.56 Å². The molecule has 5 nitrogen and oxygen atoms in total. The Balaban J connectivity index is 2.01. The zero-order chi connectivity index (χ0) is 23.5. The topological polar surface area (TPSA) is 33.4 Å². The number of aromatic nitrogens is 2. The first-order valence-corrected chi connectivity index (χ1v) is 12.6. The number of likely N-dealkylation sites (N-methyl/N-ethyl adjacent to an activating group) is 2. The number of pyridine rings is 1. The monoisotopic (exact) mass is 466 g/mol. The third kappa shape index (κ3) is 4.42. The quantitative estimate of drug-likeness (QED) is 0.311. The van der Waals surface area contributed by atoms with E-state index < -0.39 is 0 Å². The lowest BCUT2D eigenvalue weighted by atomic mass is 10.1. The fraction of sp³-hybridized carbons (Fsp3) is 0.444. The van der Waals surface area contributed by atoms with Crippen molar-refractivity contribution in [3.05, 3.63) is 57.8 Å². The van der Waals surface area contributed by atoms with Crippen LogP contribution in [0.15, 0.2) is 47.3 Å². The molecule has 2 heterocycles. The highest BCUT2D eigenvalue weighted by Crippen LogP contribution is 2.34. The fourth-order valence-corrected chi connectivity index (χ4v) is 5.17. The molecule has 0 amide bonds. The van der Waals surface area contributed by atoms with Crippen molar-refractivity contribution in [1.82, 2.24) is 18.9 Å². The molecule has 0 saturated carbocycles. The van der Waals surface area contributed by atoms with Crippen molar-refractivity contribution >= 4 is 44.3 Å². The molecule has 0 unspecified atom stereocenters. The smallest absolute Gasteiger partial charge is 0.275 e. The maximum Gasteiger partial charge on any atom is 0.275 e. The van der Waals surface area contributed by atoms with Gasteiger partial charge < -0.3 is 18.9 Å². The molecule has 33 heavy (non-hydrogen) atoms. The van der Waals surface area contributed by atoms with E-state index in [1.165, 1.54) is 0 Å². The minimum atomic E-state index is 0.0859. The number of fused-ring (bicyclic) bond motifs is 5. The molecule has 0 aliphatic carbocycles. The van der Waals surface area contributed by atoms with Crippen molar-refractivity contribution in [2.75, 3.05) is 39.3 Å². The zero-order valence-electron chi connectivity index (χ0n) is 20.3. The van der Waals surface area contributed by atoms with Crippen molar-refractivity contribution in [2.45, 2.75) is 40.8 Å². The molecule has 4 rings (SSSR count). The Labute approximate surface area is 201 Å². The lowest BCUT2D eigenvalue weighted by molar-refractivity contribution is 0.290. The van der Waals surface area contributed by atoms with Crippen molar-refractivity contribution in [3.8, 4) is 0 Å². The summed E-state index contributed by atoms with van der Waals surface area (Å²) in [6, 6.07) is 14.3. The van der Waals surface area contributed by atoms with Crippen LogP contribution in [0.4, 0.5) is 0 Å². The SMILES string of the molecule is CCN(CC)CCn1c(=O)c2c(c3cc(Cl)ccc31)c1ccccc1n2CCN(CC)CC. The molecule has 0 bridgehead atoms. The third-order valence-electron chi connectivity index (χ3n) is 7.01. The highest BCUT2D eigenvalue weighted by Gasteiger charge is 2.20. The summed E-state index contributed by atoms with van der Waals surface area (Å²) in [5.41, 5.74) is 2.94. The number of para-hydroxylation sites is 1. The Morgan fingerprint density at radius 3 is 1.97 bits per heavy atom. The number of halogens is 1. The summed E-state index contributed by atoms with van der Waals surface area (Å²) in [6.45, 7) is 15.8. The highest BCUT2D eigenvalue weighted by molar-refractivity contribution is 6.32. The van der Waals surface area contributed by atoms with Gasteiger partial charge >= 0.3 is 0 Å². The van der Waals surface area contributed by atoms with Crippen molar-refractivity contribution in [2.24, 2.45) is 0 Å². The maximum atomic E-state index is 14.1. The number of benzene rings is 2. The van der Waals surface area contributed by atoms with Gasteiger partial charge in [-0.15, -0.1) is 0 Å². The first-order chi connectivity index (χ1) is 16.0. The third-order valence-corrected chi connectivity index (χ3v) is 7.24. The lowest BCUT2D eigenvalue weighted by Gasteiger charge is -2.21. The molecule has 0 spiro atoms. The number of hydrogen-bond donors (Lipinski definition) is 0. The summed E-state index contributed by atoms with van der Waals surface area (Å²) >= 11 is 6.47. The summed E-state index contributed by atoms with van der Waals surface area (Å²) in [5, 5.41) is 3.88. The van der Waals surface area contributed by atoms with Gasteiger partial charge in [0.25, 0.3) is 5.56 Å². The number of rotatable bonds is 10. The van der Waals surface area contributed by atoms with Gasteiger partial charge in [-0.05, 0) is 50.4 Å². The van der Waals surface area contributed by atoms with E-state index in [1.807, 2.05) is 22.8 Å². The summed E-state index contributed by atoms with van der Waals surface area (Å²) in [6.07, 6.45) is 0. The largest absolute Gasteiger partial charge is 0.335 e. The van der Waals surface area contributed by atoms with E-state index in [4.69, 9.17) is 11.6 Å². The van der Waals surface area contributed by atoms with Gasteiger partial charge in [0, 0.05) is 52.9 Å². The predicted octanol–water partition coefficient (Wildman–Crippen LogP) is 5.45. The van der Waals surface area contributed by atoms with Gasteiger partial charge in [-0.3, -0.25) is 4.79 Å². The van der Waals surface area contributed by atoms with Gasteiger partial charge in [0.05, 0.1) is 5.52 Å². The molecule has 0 fully saturated rings. The van der Waals surface area contributed by atoms with E-state index >= 15 is 0 Å². The Morgan fingerprint density at radius 1 is 0.758 bits per heavy atom. The number of nitrogens with zero attached hydrogens (tertiary/aromatic N) is 4. The Morgan fingerprint density at radius 2 is 1.33 bits per heavy atom. The minimum Gasteiger partial charge on any atom is -0.335 e. The second-order valence-corrected chi connectivity index (χ2v) is 9.00. The van der Waals surface area contributed by atoms with E-state index in [2.05, 4.69) is 66.3 Å². The summed E-state index contributed by atoms with van der Waals surface area (Å²) < 4.78 is 4.19. The first-order valence-electron chi connectivity index (χ1n) is 12.2. The van der Waals surface area contributed by atoms with E-state index in [9.17, 15) is 4.79 Å². The second kappa shape index (κ2) is 10.3. The van der Waals surface area contributed by atoms with Gasteiger partial charge in [0.2, 0.25) is 0 Å². The average Bonchev–Trinajstić information content (AvgIpc) is 3.17. The number of hydrogen-bond acceptors (Lipinski definition) is 3. The molecule has 2 aromatic carbocycles. The van der Waals surface area contributed by atoms with Crippen LogP contribution in [0, 0.1) is 0 Å². The molecule has 0 aliphatic heterocycles. The molecular weight excluding hydrogens is 432 g/mol.